The fourth-order valence-corrected chi connectivity index (χ4v) is 4.11. The van der Waals surface area contributed by atoms with E-state index < -0.39 is 15.6 Å². The van der Waals surface area contributed by atoms with Crippen molar-refractivity contribution in [1.29, 1.82) is 0 Å². The topological polar surface area (TPSA) is 66.4 Å². The van der Waals surface area contributed by atoms with Gasteiger partial charge in [-0.15, -0.1) is 0 Å². The first-order valence-electron chi connectivity index (χ1n) is 6.39. The smallest absolute Gasteiger partial charge is 0.240 e. The zero-order chi connectivity index (χ0) is 15.0. The summed E-state index contributed by atoms with van der Waals surface area (Å²) in [6, 6.07) is 4.41. The van der Waals surface area contributed by atoms with E-state index >= 15 is 0 Å². The highest BCUT2D eigenvalue weighted by Crippen LogP contribution is 2.29. The highest BCUT2D eigenvalue weighted by atomic mass is 79.9. The maximum Gasteiger partial charge on any atom is 0.240 e. The van der Waals surface area contributed by atoms with Crippen molar-refractivity contribution in [3.63, 3.8) is 0 Å². The molecular weight excluding hydrogens is 366 g/mol. The molecule has 0 spiro atoms. The van der Waals surface area contributed by atoms with E-state index in [2.05, 4.69) is 20.7 Å². The Morgan fingerprint density at radius 2 is 2.00 bits per heavy atom. The molecule has 7 heteroatoms. The summed E-state index contributed by atoms with van der Waals surface area (Å²) in [5, 5.41) is 10.2. The molecule has 1 aliphatic rings. The summed E-state index contributed by atoms with van der Waals surface area (Å²) in [5.74, 6) is 0. The van der Waals surface area contributed by atoms with E-state index in [0.717, 1.165) is 0 Å². The van der Waals surface area contributed by atoms with Gasteiger partial charge in [0.15, 0.2) is 0 Å². The average Bonchev–Trinajstić information content (AvgIpc) is 2.35. The Kier molecular flexibility index (Phi) is 4.81. The fourth-order valence-electron chi connectivity index (χ4n) is 2.29. The van der Waals surface area contributed by atoms with Crippen molar-refractivity contribution in [3.8, 4) is 0 Å². The minimum Gasteiger partial charge on any atom is -0.390 e. The third-order valence-corrected chi connectivity index (χ3v) is 6.34. The van der Waals surface area contributed by atoms with Crippen molar-refractivity contribution in [2.75, 3.05) is 0 Å². The van der Waals surface area contributed by atoms with Gasteiger partial charge in [0.1, 0.15) is 0 Å². The van der Waals surface area contributed by atoms with Crippen molar-refractivity contribution < 1.29 is 13.5 Å². The third-order valence-electron chi connectivity index (χ3n) is 3.59. The van der Waals surface area contributed by atoms with Crippen LogP contribution in [0.5, 0.6) is 0 Å². The average molecular weight is 383 g/mol. The lowest BCUT2D eigenvalue weighted by atomic mass is 9.84. The standard InChI is InChI=1S/C13H17BrClNO3S/c1-13(17)6-4-9(5-7-13)16-20(18,19)10-2-3-11(14)12(15)8-10/h2-3,8-9,16-17H,4-7H2,1H3/t9-,13-. The van der Waals surface area contributed by atoms with E-state index in [0.29, 0.717) is 35.2 Å². The van der Waals surface area contributed by atoms with Crippen LogP contribution in [-0.2, 0) is 10.0 Å². The number of rotatable bonds is 3. The fraction of sp³-hybridized carbons (Fsp3) is 0.538. The highest BCUT2D eigenvalue weighted by Gasteiger charge is 2.31. The van der Waals surface area contributed by atoms with Crippen LogP contribution in [0.15, 0.2) is 27.6 Å². The molecule has 2 rings (SSSR count). The van der Waals surface area contributed by atoms with Crippen LogP contribution in [0.4, 0.5) is 0 Å². The van der Waals surface area contributed by atoms with Gasteiger partial charge in [-0.1, -0.05) is 11.6 Å². The van der Waals surface area contributed by atoms with Crippen molar-refractivity contribution >= 4 is 37.6 Å². The second kappa shape index (κ2) is 5.93. The van der Waals surface area contributed by atoms with Crippen LogP contribution in [0.25, 0.3) is 0 Å². The molecule has 1 aliphatic carbocycles. The van der Waals surface area contributed by atoms with Crippen LogP contribution in [0.1, 0.15) is 32.6 Å². The zero-order valence-corrected chi connectivity index (χ0v) is 14.2. The molecule has 0 radical (unpaired) electrons. The van der Waals surface area contributed by atoms with Crippen molar-refractivity contribution in [2.45, 2.75) is 49.1 Å². The van der Waals surface area contributed by atoms with Gasteiger partial charge in [-0.05, 0) is 66.7 Å². The number of halogens is 2. The highest BCUT2D eigenvalue weighted by molar-refractivity contribution is 9.10. The molecule has 0 aromatic heterocycles. The van der Waals surface area contributed by atoms with E-state index in [4.69, 9.17) is 11.6 Å². The molecule has 1 aromatic rings. The number of hydrogen-bond acceptors (Lipinski definition) is 3. The molecule has 0 aliphatic heterocycles. The maximum absolute atomic E-state index is 12.3. The molecule has 1 saturated carbocycles. The number of nitrogens with one attached hydrogen (secondary N) is 1. The molecule has 1 aromatic carbocycles. The molecule has 0 unspecified atom stereocenters. The Hall–Kier alpha value is -0.140. The van der Waals surface area contributed by atoms with Gasteiger partial charge in [-0.3, -0.25) is 0 Å². The first kappa shape index (κ1) is 16.2. The summed E-state index contributed by atoms with van der Waals surface area (Å²) in [7, 11) is -3.57. The zero-order valence-electron chi connectivity index (χ0n) is 11.1. The molecule has 112 valence electrons. The van der Waals surface area contributed by atoms with Gasteiger partial charge < -0.3 is 5.11 Å². The van der Waals surface area contributed by atoms with Crippen LogP contribution in [0.3, 0.4) is 0 Å². The summed E-state index contributed by atoms with van der Waals surface area (Å²) in [5.41, 5.74) is -0.678. The van der Waals surface area contributed by atoms with Crippen LogP contribution in [0.2, 0.25) is 5.02 Å². The maximum atomic E-state index is 12.3. The van der Waals surface area contributed by atoms with Crippen LogP contribution < -0.4 is 4.72 Å². The largest absolute Gasteiger partial charge is 0.390 e. The molecule has 0 saturated heterocycles. The molecule has 2 N–H and O–H groups in total. The summed E-state index contributed by atoms with van der Waals surface area (Å²) in [4.78, 5) is 0.156. The monoisotopic (exact) mass is 381 g/mol. The Labute approximate surface area is 132 Å². The van der Waals surface area contributed by atoms with E-state index in [-0.39, 0.29) is 10.9 Å². The normalized spacial score (nSPS) is 27.5. The molecule has 0 heterocycles. The van der Waals surface area contributed by atoms with Gasteiger partial charge >= 0.3 is 0 Å². The molecule has 0 bridgehead atoms. The molecular formula is C13H17BrClNO3S. The quantitative estimate of drug-likeness (QED) is 0.844. The van der Waals surface area contributed by atoms with Crippen molar-refractivity contribution in [3.05, 3.63) is 27.7 Å². The summed E-state index contributed by atoms with van der Waals surface area (Å²) >= 11 is 9.16. The predicted molar refractivity (Wildman–Crippen MR) is 82.4 cm³/mol. The van der Waals surface area contributed by atoms with Crippen LogP contribution in [-0.4, -0.2) is 25.2 Å². The molecule has 4 nitrogen and oxygen atoms in total. The number of aliphatic hydroxyl groups is 1. The van der Waals surface area contributed by atoms with E-state index in [1.54, 1.807) is 13.0 Å². The van der Waals surface area contributed by atoms with Gasteiger partial charge in [0.05, 0.1) is 15.5 Å². The van der Waals surface area contributed by atoms with Gasteiger partial charge in [0.2, 0.25) is 10.0 Å². The summed E-state index contributed by atoms with van der Waals surface area (Å²) in [6.45, 7) is 1.78. The number of sulfonamides is 1. The lowest BCUT2D eigenvalue weighted by molar-refractivity contribution is 0.0163. The first-order chi connectivity index (χ1) is 9.20. The second-order valence-corrected chi connectivity index (χ2v) is 8.44. The Bertz CT molecular complexity index is 594. The Morgan fingerprint density at radius 1 is 1.40 bits per heavy atom. The molecule has 0 atom stereocenters. The van der Waals surface area contributed by atoms with Gasteiger partial charge in [-0.2, -0.15) is 0 Å². The Balaban J connectivity index is 2.10. The van der Waals surface area contributed by atoms with Crippen molar-refractivity contribution in [1.82, 2.24) is 4.72 Å². The Morgan fingerprint density at radius 3 is 2.55 bits per heavy atom. The SMILES string of the molecule is C[C@]1(O)CC[C@H](NS(=O)(=O)c2ccc(Br)c(Cl)c2)CC1. The first-order valence-corrected chi connectivity index (χ1v) is 9.05. The molecule has 0 amide bonds. The summed E-state index contributed by atoms with van der Waals surface area (Å²) < 4.78 is 27.9. The lowest BCUT2D eigenvalue weighted by Gasteiger charge is -2.33. The van der Waals surface area contributed by atoms with Crippen LogP contribution >= 0.6 is 27.5 Å². The predicted octanol–water partition coefficient (Wildman–Crippen LogP) is 3.07. The van der Waals surface area contributed by atoms with Crippen molar-refractivity contribution in [2.24, 2.45) is 0 Å². The molecule has 1 fully saturated rings. The van der Waals surface area contributed by atoms with Crippen LogP contribution in [0, 0.1) is 0 Å². The minimum atomic E-state index is -3.57. The number of benzene rings is 1. The van der Waals surface area contributed by atoms with E-state index in [1.807, 2.05) is 0 Å². The van der Waals surface area contributed by atoms with E-state index in [1.165, 1.54) is 12.1 Å². The van der Waals surface area contributed by atoms with Gasteiger partial charge in [-0.25, -0.2) is 13.1 Å². The third kappa shape index (κ3) is 3.95. The van der Waals surface area contributed by atoms with Gasteiger partial charge in [0, 0.05) is 10.5 Å². The second-order valence-electron chi connectivity index (χ2n) is 5.47. The minimum absolute atomic E-state index is 0.136. The van der Waals surface area contributed by atoms with E-state index in [9.17, 15) is 13.5 Å². The lowest BCUT2D eigenvalue weighted by Crippen LogP contribution is -2.42. The van der Waals surface area contributed by atoms with Gasteiger partial charge in [0.25, 0.3) is 0 Å². The summed E-state index contributed by atoms with van der Waals surface area (Å²) in [6.07, 6.45) is 2.47. The molecule has 20 heavy (non-hydrogen) atoms. The number of hydrogen-bond donors (Lipinski definition) is 2.